The third kappa shape index (κ3) is 2.71. The Kier molecular flexibility index (Phi) is 3.99. The fourth-order valence-electron chi connectivity index (χ4n) is 1.76. The summed E-state index contributed by atoms with van der Waals surface area (Å²) in [6.45, 7) is 2.04. The lowest BCUT2D eigenvalue weighted by Gasteiger charge is -2.06. The molecule has 4 nitrogen and oxygen atoms in total. The van der Waals surface area contributed by atoms with Gasteiger partial charge in [0.1, 0.15) is 11.5 Å². The van der Waals surface area contributed by atoms with Crippen LogP contribution in [-0.4, -0.2) is 19.1 Å². The van der Waals surface area contributed by atoms with E-state index in [9.17, 15) is 0 Å². The molecule has 0 aliphatic carbocycles. The zero-order chi connectivity index (χ0) is 13.0. The fraction of sp³-hybridized carbons (Fsp3) is 0.357. The summed E-state index contributed by atoms with van der Waals surface area (Å²) in [7, 11) is 3.57. The van der Waals surface area contributed by atoms with Crippen molar-refractivity contribution in [1.29, 1.82) is 0 Å². The molecule has 0 radical (unpaired) electrons. The smallest absolute Gasteiger partial charge is 0.199 e. The number of hydrogen-bond acceptors (Lipinski definition) is 4. The number of nitrogens with one attached hydrogen (secondary N) is 1. The third-order valence-corrected chi connectivity index (χ3v) is 2.97. The first-order valence-corrected chi connectivity index (χ1v) is 5.98. The second kappa shape index (κ2) is 5.69. The van der Waals surface area contributed by atoms with Crippen molar-refractivity contribution < 1.29 is 9.15 Å². The number of oxazole rings is 1. The van der Waals surface area contributed by atoms with Gasteiger partial charge in [0, 0.05) is 5.56 Å². The number of rotatable bonds is 5. The molecular weight excluding hydrogens is 228 g/mol. The summed E-state index contributed by atoms with van der Waals surface area (Å²) in [4.78, 5) is 4.29. The van der Waals surface area contributed by atoms with Gasteiger partial charge in [0.25, 0.3) is 0 Å². The molecule has 1 aromatic heterocycles. The van der Waals surface area contributed by atoms with Gasteiger partial charge in [-0.25, -0.2) is 4.98 Å². The number of ether oxygens (including phenoxy) is 1. The van der Waals surface area contributed by atoms with Crippen molar-refractivity contribution in [2.45, 2.75) is 19.4 Å². The number of methoxy groups -OCH3 is 1. The average molecular weight is 246 g/mol. The predicted molar refractivity (Wildman–Crippen MR) is 69.8 cm³/mol. The Morgan fingerprint density at radius 2 is 2.17 bits per heavy atom. The molecule has 0 saturated carbocycles. The molecule has 2 aromatic rings. The fourth-order valence-corrected chi connectivity index (χ4v) is 1.76. The number of hydrogen-bond donors (Lipinski definition) is 1. The van der Waals surface area contributed by atoms with E-state index < -0.39 is 0 Å². The highest BCUT2D eigenvalue weighted by Gasteiger charge is 2.11. The van der Waals surface area contributed by atoms with Crippen LogP contribution in [0, 0.1) is 0 Å². The molecule has 0 fully saturated rings. The van der Waals surface area contributed by atoms with E-state index in [0.717, 1.165) is 17.1 Å². The number of para-hydroxylation sites is 1. The van der Waals surface area contributed by atoms with Crippen LogP contribution in [0.3, 0.4) is 0 Å². The summed E-state index contributed by atoms with van der Waals surface area (Å²) in [5.41, 5.74) is 1.07. The molecule has 4 heteroatoms. The van der Waals surface area contributed by atoms with Gasteiger partial charge in [-0.15, -0.1) is 0 Å². The normalized spacial score (nSPS) is 12.4. The zero-order valence-corrected chi connectivity index (χ0v) is 10.9. The molecule has 96 valence electrons. The minimum atomic E-state index is 0.170. The van der Waals surface area contributed by atoms with Crippen molar-refractivity contribution in [3.63, 3.8) is 0 Å². The van der Waals surface area contributed by atoms with Crippen LogP contribution in [0.1, 0.15) is 30.2 Å². The molecule has 1 N–H and O–H groups in total. The molecule has 1 aromatic carbocycles. The largest absolute Gasteiger partial charge is 0.496 e. The van der Waals surface area contributed by atoms with E-state index in [1.807, 2.05) is 38.2 Å². The first-order chi connectivity index (χ1) is 8.74. The Morgan fingerprint density at radius 3 is 2.89 bits per heavy atom. The molecule has 0 saturated heterocycles. The van der Waals surface area contributed by atoms with Crippen molar-refractivity contribution in [3.05, 3.63) is 47.7 Å². The highest BCUT2D eigenvalue weighted by Crippen LogP contribution is 2.22. The van der Waals surface area contributed by atoms with Crippen LogP contribution in [0.4, 0.5) is 0 Å². The zero-order valence-electron chi connectivity index (χ0n) is 10.9. The van der Waals surface area contributed by atoms with Crippen LogP contribution in [-0.2, 0) is 6.42 Å². The van der Waals surface area contributed by atoms with Crippen LogP contribution in [0.15, 0.2) is 34.9 Å². The monoisotopic (exact) mass is 246 g/mol. The second-order valence-electron chi connectivity index (χ2n) is 4.16. The summed E-state index contributed by atoms with van der Waals surface area (Å²) in [5.74, 6) is 2.41. The molecule has 0 aliphatic rings. The number of benzene rings is 1. The van der Waals surface area contributed by atoms with Gasteiger partial charge in [-0.1, -0.05) is 18.2 Å². The molecular formula is C14H18N2O2. The first-order valence-electron chi connectivity index (χ1n) is 5.98. The molecule has 1 unspecified atom stereocenters. The second-order valence-corrected chi connectivity index (χ2v) is 4.16. The Labute approximate surface area is 107 Å². The highest BCUT2D eigenvalue weighted by atomic mass is 16.5. The molecule has 2 rings (SSSR count). The summed E-state index contributed by atoms with van der Waals surface area (Å²) < 4.78 is 11.0. The lowest BCUT2D eigenvalue weighted by molar-refractivity contribution is 0.401. The number of nitrogens with zero attached hydrogens (tertiary/aromatic N) is 1. The summed E-state index contributed by atoms with van der Waals surface area (Å²) in [5, 5.41) is 3.12. The molecule has 0 spiro atoms. The molecule has 0 amide bonds. The Balaban J connectivity index is 2.16. The molecule has 0 aliphatic heterocycles. The van der Waals surface area contributed by atoms with Gasteiger partial charge in [-0.3, -0.25) is 0 Å². The minimum Gasteiger partial charge on any atom is -0.496 e. The van der Waals surface area contributed by atoms with Crippen LogP contribution in [0.5, 0.6) is 5.75 Å². The summed E-state index contributed by atoms with van der Waals surface area (Å²) in [6, 6.07) is 8.06. The SMILES string of the molecule is CNC(C)c1cnc(Cc2ccccc2OC)o1. The minimum absolute atomic E-state index is 0.170. The standard InChI is InChI=1S/C14H18N2O2/c1-10(15-2)13-9-16-14(18-13)8-11-6-4-5-7-12(11)17-3/h4-7,9-10,15H,8H2,1-3H3. The topological polar surface area (TPSA) is 47.3 Å². The molecule has 1 heterocycles. The van der Waals surface area contributed by atoms with Gasteiger partial charge < -0.3 is 14.5 Å². The van der Waals surface area contributed by atoms with Crippen molar-refractivity contribution in [1.82, 2.24) is 10.3 Å². The molecule has 18 heavy (non-hydrogen) atoms. The van der Waals surface area contributed by atoms with E-state index in [-0.39, 0.29) is 6.04 Å². The van der Waals surface area contributed by atoms with Crippen LogP contribution in [0.25, 0.3) is 0 Å². The van der Waals surface area contributed by atoms with Crippen molar-refractivity contribution >= 4 is 0 Å². The molecule has 1 atom stereocenters. The number of aromatic nitrogens is 1. The van der Waals surface area contributed by atoms with Crippen molar-refractivity contribution in [3.8, 4) is 5.75 Å². The maximum absolute atomic E-state index is 5.71. The van der Waals surface area contributed by atoms with Crippen LogP contribution in [0.2, 0.25) is 0 Å². The van der Waals surface area contributed by atoms with E-state index in [0.29, 0.717) is 12.3 Å². The van der Waals surface area contributed by atoms with Crippen LogP contribution < -0.4 is 10.1 Å². The van der Waals surface area contributed by atoms with Gasteiger partial charge in [-0.05, 0) is 20.0 Å². The van der Waals surface area contributed by atoms with Gasteiger partial charge in [0.05, 0.1) is 25.8 Å². The van der Waals surface area contributed by atoms with Crippen molar-refractivity contribution in [2.75, 3.05) is 14.2 Å². The van der Waals surface area contributed by atoms with E-state index in [4.69, 9.17) is 9.15 Å². The van der Waals surface area contributed by atoms with Crippen molar-refractivity contribution in [2.24, 2.45) is 0 Å². The summed E-state index contributed by atoms with van der Waals surface area (Å²) >= 11 is 0. The van der Waals surface area contributed by atoms with Gasteiger partial charge in [-0.2, -0.15) is 0 Å². The lowest BCUT2D eigenvalue weighted by atomic mass is 10.1. The van der Waals surface area contributed by atoms with E-state index in [2.05, 4.69) is 10.3 Å². The molecule has 0 bridgehead atoms. The van der Waals surface area contributed by atoms with Gasteiger partial charge in [0.2, 0.25) is 0 Å². The first kappa shape index (κ1) is 12.6. The highest BCUT2D eigenvalue weighted by molar-refractivity contribution is 5.34. The van der Waals surface area contributed by atoms with Crippen LogP contribution >= 0.6 is 0 Å². The maximum Gasteiger partial charge on any atom is 0.199 e. The Bertz CT molecular complexity index is 508. The third-order valence-electron chi connectivity index (χ3n) is 2.97. The Hall–Kier alpha value is -1.81. The quantitative estimate of drug-likeness (QED) is 0.880. The van der Waals surface area contributed by atoms with E-state index in [1.165, 1.54) is 0 Å². The summed E-state index contributed by atoms with van der Waals surface area (Å²) in [6.07, 6.45) is 2.41. The van der Waals surface area contributed by atoms with E-state index in [1.54, 1.807) is 13.3 Å². The predicted octanol–water partition coefficient (Wildman–Crippen LogP) is 2.55. The van der Waals surface area contributed by atoms with Gasteiger partial charge in [0.15, 0.2) is 5.89 Å². The Morgan fingerprint density at radius 1 is 1.39 bits per heavy atom. The lowest BCUT2D eigenvalue weighted by Crippen LogP contribution is -2.11. The average Bonchev–Trinajstić information content (AvgIpc) is 2.87. The van der Waals surface area contributed by atoms with E-state index >= 15 is 0 Å². The van der Waals surface area contributed by atoms with Gasteiger partial charge >= 0.3 is 0 Å². The maximum atomic E-state index is 5.71.